The highest BCUT2D eigenvalue weighted by Gasteiger charge is 2.30. The van der Waals surface area contributed by atoms with Crippen LogP contribution in [0.25, 0.3) is 10.2 Å². The first-order valence-electron chi connectivity index (χ1n) is 8.14. The summed E-state index contributed by atoms with van der Waals surface area (Å²) in [6.45, 7) is 2.36. The van der Waals surface area contributed by atoms with Crippen LogP contribution in [-0.4, -0.2) is 42.3 Å². The quantitative estimate of drug-likeness (QED) is 0.871. The van der Waals surface area contributed by atoms with Gasteiger partial charge in [0.1, 0.15) is 0 Å². The lowest BCUT2D eigenvalue weighted by Crippen LogP contribution is -2.40. The lowest BCUT2D eigenvalue weighted by molar-refractivity contribution is -0.112. The fourth-order valence-electron chi connectivity index (χ4n) is 2.80. The zero-order chi connectivity index (χ0) is 18.3. The van der Waals surface area contributed by atoms with E-state index in [1.54, 1.807) is 23.3 Å². The van der Waals surface area contributed by atoms with Crippen LogP contribution >= 0.6 is 11.3 Å². The number of rotatable bonds is 3. The molecule has 0 radical (unpaired) electrons. The van der Waals surface area contributed by atoms with E-state index in [4.69, 9.17) is 0 Å². The van der Waals surface area contributed by atoms with Crippen molar-refractivity contribution in [2.75, 3.05) is 17.6 Å². The molecule has 0 unspecified atom stereocenters. The number of aryl methyl sites for hydroxylation is 1. The van der Waals surface area contributed by atoms with Crippen molar-refractivity contribution in [1.82, 2.24) is 9.88 Å². The first kappa shape index (κ1) is 16.9. The largest absolute Gasteiger partial charge is 0.331 e. The van der Waals surface area contributed by atoms with Crippen molar-refractivity contribution >= 4 is 48.5 Å². The smallest absolute Gasteiger partial charge is 0.261 e. The molecule has 2 aromatic rings. The highest BCUT2D eigenvalue weighted by molar-refractivity contribution is 7.90. The number of thiazole rings is 1. The Hall–Kier alpha value is -2.52. The molecule has 1 amide bonds. The molecule has 0 aliphatic carbocycles. The van der Waals surface area contributed by atoms with E-state index < -0.39 is 15.9 Å². The highest BCUT2D eigenvalue weighted by Crippen LogP contribution is 2.28. The Morgan fingerprint density at radius 2 is 2.23 bits per heavy atom. The van der Waals surface area contributed by atoms with Crippen LogP contribution in [-0.2, 0) is 21.2 Å². The van der Waals surface area contributed by atoms with Crippen LogP contribution in [0.4, 0.5) is 5.13 Å². The average molecular weight is 388 g/mol. The topological polar surface area (TPSA) is 91.7 Å². The number of sulfonamides is 1. The number of hydrogen-bond donors (Lipinski definition) is 1. The molecule has 26 heavy (non-hydrogen) atoms. The minimum atomic E-state index is -3.54. The van der Waals surface area contributed by atoms with Crippen LogP contribution in [0.5, 0.6) is 0 Å². The molecule has 0 fully saturated rings. The minimum absolute atomic E-state index is 0.0621. The van der Waals surface area contributed by atoms with E-state index in [2.05, 4.69) is 27.7 Å². The summed E-state index contributed by atoms with van der Waals surface area (Å²) < 4.78 is 28.4. The molecule has 1 N–H and O–H groups in total. The third-order valence-corrected chi connectivity index (χ3v) is 6.27. The van der Waals surface area contributed by atoms with Gasteiger partial charge in [0.25, 0.3) is 15.9 Å². The lowest BCUT2D eigenvalue weighted by atomic mass is 10.1. The van der Waals surface area contributed by atoms with Crippen molar-refractivity contribution in [1.29, 1.82) is 0 Å². The maximum Gasteiger partial charge on any atom is 0.261 e. The Morgan fingerprint density at radius 1 is 1.38 bits per heavy atom. The Balaban J connectivity index is 1.62. The van der Waals surface area contributed by atoms with Crippen molar-refractivity contribution in [3.8, 4) is 0 Å². The predicted molar refractivity (Wildman–Crippen MR) is 103 cm³/mol. The zero-order valence-corrected chi connectivity index (χ0v) is 15.6. The molecule has 0 spiro atoms. The summed E-state index contributed by atoms with van der Waals surface area (Å²) in [7, 11) is -3.54. The minimum Gasteiger partial charge on any atom is -0.331 e. The number of nitrogens with zero attached hydrogens (tertiary/aromatic N) is 3. The van der Waals surface area contributed by atoms with Crippen LogP contribution in [0, 0.1) is 0 Å². The van der Waals surface area contributed by atoms with E-state index >= 15 is 0 Å². The number of aromatic nitrogens is 1. The van der Waals surface area contributed by atoms with Crippen LogP contribution in [0.15, 0.2) is 46.5 Å². The number of anilines is 1. The van der Waals surface area contributed by atoms with E-state index in [0.29, 0.717) is 5.13 Å². The van der Waals surface area contributed by atoms with Gasteiger partial charge in [-0.2, -0.15) is 0 Å². The standard InChI is InChI=1S/C17H16N4O3S2/c1-2-11-5-6-13-14(10-11)25-17(18-13)19-16(22)12-4-3-7-21-8-9-26(23,24)20-15(12)21/h3-7,10H,2,8-9H2,1H3,(H,18,19,22). The molecule has 2 aliphatic heterocycles. The van der Waals surface area contributed by atoms with Gasteiger partial charge in [0, 0.05) is 12.7 Å². The number of carbonyl (C=O) groups is 1. The Labute approximate surface area is 154 Å². The third-order valence-electron chi connectivity index (χ3n) is 4.18. The number of amides is 1. The highest BCUT2D eigenvalue weighted by atomic mass is 32.2. The molecule has 0 saturated carbocycles. The molecule has 0 bridgehead atoms. The number of allylic oxidation sites excluding steroid dienone is 2. The molecule has 0 saturated heterocycles. The van der Waals surface area contributed by atoms with Crippen molar-refractivity contribution in [2.24, 2.45) is 4.40 Å². The normalized spacial score (nSPS) is 18.3. The van der Waals surface area contributed by atoms with Gasteiger partial charge >= 0.3 is 0 Å². The lowest BCUT2D eigenvalue weighted by Gasteiger charge is -2.28. The Morgan fingerprint density at radius 3 is 3.04 bits per heavy atom. The van der Waals surface area contributed by atoms with Gasteiger partial charge in [-0.1, -0.05) is 24.3 Å². The number of fused-ring (bicyclic) bond motifs is 2. The van der Waals surface area contributed by atoms with Gasteiger partial charge in [-0.25, -0.2) is 13.4 Å². The summed E-state index contributed by atoms with van der Waals surface area (Å²) >= 11 is 1.39. The first-order chi connectivity index (χ1) is 12.4. The summed E-state index contributed by atoms with van der Waals surface area (Å²) in [5.74, 6) is -0.330. The second kappa shape index (κ2) is 6.33. The van der Waals surface area contributed by atoms with Gasteiger partial charge in [-0.15, -0.1) is 4.40 Å². The molecule has 3 heterocycles. The molecule has 2 aliphatic rings. The predicted octanol–water partition coefficient (Wildman–Crippen LogP) is 2.29. The molecule has 1 aromatic heterocycles. The zero-order valence-electron chi connectivity index (χ0n) is 14.0. The molecule has 4 rings (SSSR count). The molecule has 1 aromatic carbocycles. The van der Waals surface area contributed by atoms with Crippen molar-refractivity contribution < 1.29 is 13.2 Å². The second-order valence-corrected chi connectivity index (χ2v) is 8.73. The molecule has 134 valence electrons. The van der Waals surface area contributed by atoms with Crippen molar-refractivity contribution in [3.05, 3.63) is 47.7 Å². The summed E-state index contributed by atoms with van der Waals surface area (Å²) in [4.78, 5) is 18.8. The van der Waals surface area contributed by atoms with Gasteiger partial charge in [0.05, 0.1) is 21.5 Å². The molecule has 7 nitrogen and oxygen atoms in total. The van der Waals surface area contributed by atoms with Crippen LogP contribution in [0.1, 0.15) is 12.5 Å². The van der Waals surface area contributed by atoms with Gasteiger partial charge in [-0.3, -0.25) is 10.1 Å². The van der Waals surface area contributed by atoms with Crippen LogP contribution in [0.2, 0.25) is 0 Å². The molecular weight excluding hydrogens is 372 g/mol. The maximum absolute atomic E-state index is 12.7. The van der Waals surface area contributed by atoms with E-state index in [1.165, 1.54) is 16.9 Å². The first-order valence-corrected chi connectivity index (χ1v) is 10.6. The molecule has 9 heteroatoms. The fourth-order valence-corrected chi connectivity index (χ4v) is 4.71. The number of amidine groups is 1. The van der Waals surface area contributed by atoms with Gasteiger partial charge < -0.3 is 4.90 Å². The SMILES string of the molecule is CCc1ccc2nc(NC(=O)C3=CC=CN4CCS(=O)(=O)N=C34)sc2c1. The average Bonchev–Trinajstić information content (AvgIpc) is 3.01. The number of benzene rings is 1. The molecule has 0 atom stereocenters. The van der Waals surface area contributed by atoms with Crippen molar-refractivity contribution in [3.63, 3.8) is 0 Å². The van der Waals surface area contributed by atoms with Crippen molar-refractivity contribution in [2.45, 2.75) is 13.3 Å². The Kier molecular flexibility index (Phi) is 4.12. The van der Waals surface area contributed by atoms with E-state index in [9.17, 15) is 13.2 Å². The second-order valence-electron chi connectivity index (χ2n) is 5.94. The number of carbonyl (C=O) groups excluding carboxylic acids is 1. The van der Waals surface area contributed by atoms with Gasteiger partial charge in [0.2, 0.25) is 0 Å². The summed E-state index contributed by atoms with van der Waals surface area (Å²) in [6, 6.07) is 6.01. The van der Waals surface area contributed by atoms with Crippen LogP contribution in [0.3, 0.4) is 0 Å². The maximum atomic E-state index is 12.7. The third kappa shape index (κ3) is 3.15. The monoisotopic (exact) mass is 388 g/mol. The van der Waals surface area contributed by atoms with E-state index in [0.717, 1.165) is 16.6 Å². The fraction of sp³-hybridized carbons (Fsp3) is 0.235. The van der Waals surface area contributed by atoms with Gasteiger partial charge in [-0.05, 0) is 36.3 Å². The van der Waals surface area contributed by atoms with Gasteiger partial charge in [0.15, 0.2) is 11.0 Å². The Bertz CT molecular complexity index is 1100. The number of nitrogens with one attached hydrogen (secondary N) is 1. The van der Waals surface area contributed by atoms with E-state index in [1.807, 2.05) is 12.1 Å². The summed E-state index contributed by atoms with van der Waals surface area (Å²) in [6.07, 6.45) is 5.92. The molecular formula is C17H16N4O3S2. The number of hydrogen-bond acceptors (Lipinski definition) is 6. The van der Waals surface area contributed by atoms with Crippen LogP contribution < -0.4 is 5.32 Å². The summed E-state index contributed by atoms with van der Waals surface area (Å²) in [5, 5.41) is 3.23. The summed E-state index contributed by atoms with van der Waals surface area (Å²) in [5.41, 5.74) is 2.24. The van der Waals surface area contributed by atoms with E-state index in [-0.39, 0.29) is 23.7 Å².